The van der Waals surface area contributed by atoms with Gasteiger partial charge in [-0.1, -0.05) is 12.1 Å². The number of nitrogens with two attached hydrogens (primary N) is 1. The maximum Gasteiger partial charge on any atom is 0.146 e. The van der Waals surface area contributed by atoms with Crippen molar-refractivity contribution in [3.05, 3.63) is 52.8 Å². The van der Waals surface area contributed by atoms with E-state index in [1.165, 1.54) is 0 Å². The summed E-state index contributed by atoms with van der Waals surface area (Å²) in [6.07, 6.45) is 3.38. The van der Waals surface area contributed by atoms with Crippen molar-refractivity contribution >= 4 is 15.9 Å². The highest BCUT2D eigenvalue weighted by molar-refractivity contribution is 9.10. The van der Waals surface area contributed by atoms with Crippen LogP contribution in [0, 0.1) is 0 Å². The first-order valence-corrected chi connectivity index (χ1v) is 5.64. The second kappa shape index (κ2) is 5.09. The normalized spacial score (nSPS) is 10.1. The smallest absolute Gasteiger partial charge is 0.146 e. The van der Waals surface area contributed by atoms with Gasteiger partial charge in [-0.25, -0.2) is 0 Å². The minimum atomic E-state index is 0.508. The fraction of sp³-hybridized carbons (Fsp3) is 0.0833. The Morgan fingerprint density at radius 3 is 2.81 bits per heavy atom. The van der Waals surface area contributed by atoms with Gasteiger partial charge in [0.1, 0.15) is 11.5 Å². The summed E-state index contributed by atoms with van der Waals surface area (Å²) in [5, 5.41) is 0. The van der Waals surface area contributed by atoms with Crippen molar-refractivity contribution in [2.24, 2.45) is 5.73 Å². The second-order valence-corrected chi connectivity index (χ2v) is 4.21. The molecule has 0 saturated heterocycles. The molecule has 3 nitrogen and oxygen atoms in total. The molecule has 0 bridgehead atoms. The van der Waals surface area contributed by atoms with E-state index in [9.17, 15) is 0 Å². The highest BCUT2D eigenvalue weighted by Crippen LogP contribution is 2.23. The van der Waals surface area contributed by atoms with Crippen LogP contribution < -0.4 is 10.5 Å². The molecule has 0 fully saturated rings. The minimum absolute atomic E-state index is 0.508. The van der Waals surface area contributed by atoms with Crippen LogP contribution in [-0.2, 0) is 6.54 Å². The number of nitrogens with zero attached hydrogens (tertiary/aromatic N) is 1. The van der Waals surface area contributed by atoms with Crippen molar-refractivity contribution in [1.29, 1.82) is 0 Å². The maximum atomic E-state index is 5.65. The van der Waals surface area contributed by atoms with Crippen molar-refractivity contribution in [2.45, 2.75) is 6.54 Å². The third-order valence-electron chi connectivity index (χ3n) is 2.05. The first-order valence-electron chi connectivity index (χ1n) is 4.85. The molecule has 0 amide bonds. The third kappa shape index (κ3) is 2.81. The highest BCUT2D eigenvalue weighted by atomic mass is 79.9. The summed E-state index contributed by atoms with van der Waals surface area (Å²) in [6, 6.07) is 9.55. The highest BCUT2D eigenvalue weighted by Gasteiger charge is 1.99. The number of aromatic nitrogens is 1. The van der Waals surface area contributed by atoms with E-state index in [1.807, 2.05) is 30.3 Å². The molecule has 0 aliphatic rings. The van der Waals surface area contributed by atoms with Crippen molar-refractivity contribution in [2.75, 3.05) is 0 Å². The van der Waals surface area contributed by atoms with Crippen molar-refractivity contribution in [1.82, 2.24) is 4.98 Å². The number of pyridine rings is 1. The third-order valence-corrected chi connectivity index (χ3v) is 2.48. The molecule has 0 aliphatic heterocycles. The number of benzene rings is 1. The van der Waals surface area contributed by atoms with Crippen LogP contribution in [0.4, 0.5) is 0 Å². The average molecular weight is 279 g/mol. The molecule has 4 heteroatoms. The number of halogens is 1. The lowest BCUT2D eigenvalue weighted by atomic mass is 10.2. The van der Waals surface area contributed by atoms with E-state index < -0.39 is 0 Å². The molecule has 0 spiro atoms. The number of ether oxygens (including phenoxy) is 1. The Hall–Kier alpha value is -1.39. The Labute approximate surface area is 102 Å². The monoisotopic (exact) mass is 278 g/mol. The van der Waals surface area contributed by atoms with Gasteiger partial charge in [-0.2, -0.15) is 0 Å². The average Bonchev–Trinajstić information content (AvgIpc) is 2.29. The number of hydrogen-bond donors (Lipinski definition) is 1. The summed E-state index contributed by atoms with van der Waals surface area (Å²) in [5.41, 5.74) is 6.60. The van der Waals surface area contributed by atoms with E-state index in [0.29, 0.717) is 12.3 Å². The van der Waals surface area contributed by atoms with E-state index in [0.717, 1.165) is 15.8 Å². The van der Waals surface area contributed by atoms with Crippen LogP contribution in [0.2, 0.25) is 0 Å². The zero-order chi connectivity index (χ0) is 11.4. The van der Waals surface area contributed by atoms with Crippen LogP contribution in [0.25, 0.3) is 0 Å². The fourth-order valence-corrected chi connectivity index (χ4v) is 1.66. The van der Waals surface area contributed by atoms with Crippen LogP contribution in [0.1, 0.15) is 5.56 Å². The zero-order valence-corrected chi connectivity index (χ0v) is 10.1. The quantitative estimate of drug-likeness (QED) is 0.939. The molecule has 1 aromatic heterocycles. The van der Waals surface area contributed by atoms with E-state index in [-0.39, 0.29) is 0 Å². The Kier molecular flexibility index (Phi) is 3.54. The first kappa shape index (κ1) is 11.1. The van der Waals surface area contributed by atoms with E-state index in [4.69, 9.17) is 10.5 Å². The SMILES string of the molecule is NCc1cccc(Oc2cncc(Br)c2)c1. The molecule has 0 saturated carbocycles. The molecular formula is C12H11BrN2O. The first-order chi connectivity index (χ1) is 7.78. The molecule has 16 heavy (non-hydrogen) atoms. The Bertz CT molecular complexity index is 488. The molecule has 2 N–H and O–H groups in total. The Morgan fingerprint density at radius 1 is 1.19 bits per heavy atom. The molecule has 0 atom stereocenters. The molecule has 0 radical (unpaired) electrons. The summed E-state index contributed by atoms with van der Waals surface area (Å²) in [6.45, 7) is 0.508. The molecule has 1 aromatic carbocycles. The van der Waals surface area contributed by atoms with Gasteiger partial charge in [-0.05, 0) is 39.7 Å². The topological polar surface area (TPSA) is 48.1 Å². The largest absolute Gasteiger partial charge is 0.456 e. The minimum Gasteiger partial charge on any atom is -0.456 e. The van der Waals surface area contributed by atoms with Gasteiger partial charge in [0.15, 0.2) is 0 Å². The fourth-order valence-electron chi connectivity index (χ4n) is 1.32. The van der Waals surface area contributed by atoms with Crippen LogP contribution in [0.15, 0.2) is 47.2 Å². The lowest BCUT2D eigenvalue weighted by molar-refractivity contribution is 0.479. The lowest BCUT2D eigenvalue weighted by Crippen LogP contribution is -1.96. The van der Waals surface area contributed by atoms with Crippen LogP contribution in [0.3, 0.4) is 0 Å². The zero-order valence-electron chi connectivity index (χ0n) is 8.56. The number of rotatable bonds is 3. The molecule has 82 valence electrons. The van der Waals surface area contributed by atoms with Gasteiger partial charge in [-0.15, -0.1) is 0 Å². The molecule has 2 rings (SSSR count). The second-order valence-electron chi connectivity index (χ2n) is 3.29. The van der Waals surface area contributed by atoms with Crippen molar-refractivity contribution in [3.8, 4) is 11.5 Å². The van der Waals surface area contributed by atoms with Crippen LogP contribution in [-0.4, -0.2) is 4.98 Å². The lowest BCUT2D eigenvalue weighted by Gasteiger charge is -2.06. The van der Waals surface area contributed by atoms with Gasteiger partial charge < -0.3 is 10.5 Å². The Balaban J connectivity index is 2.20. The predicted molar refractivity (Wildman–Crippen MR) is 66.3 cm³/mol. The molecular weight excluding hydrogens is 268 g/mol. The predicted octanol–water partition coefficient (Wildman–Crippen LogP) is 3.10. The van der Waals surface area contributed by atoms with E-state index in [2.05, 4.69) is 20.9 Å². The van der Waals surface area contributed by atoms with E-state index >= 15 is 0 Å². The maximum absolute atomic E-state index is 5.65. The summed E-state index contributed by atoms with van der Waals surface area (Å²) in [4.78, 5) is 4.03. The summed E-state index contributed by atoms with van der Waals surface area (Å²) in [5.74, 6) is 1.46. The summed E-state index contributed by atoms with van der Waals surface area (Å²) in [7, 11) is 0. The van der Waals surface area contributed by atoms with Crippen LogP contribution >= 0.6 is 15.9 Å². The Morgan fingerprint density at radius 2 is 2.06 bits per heavy atom. The summed E-state index contributed by atoms with van der Waals surface area (Å²) >= 11 is 3.34. The van der Waals surface area contributed by atoms with Gasteiger partial charge in [-0.3, -0.25) is 4.98 Å². The number of hydrogen-bond acceptors (Lipinski definition) is 3. The van der Waals surface area contributed by atoms with Crippen molar-refractivity contribution < 1.29 is 4.74 Å². The summed E-state index contributed by atoms with van der Waals surface area (Å²) < 4.78 is 6.54. The molecule has 2 aromatic rings. The molecule has 0 unspecified atom stereocenters. The molecule has 1 heterocycles. The van der Waals surface area contributed by atoms with Crippen LogP contribution in [0.5, 0.6) is 11.5 Å². The van der Waals surface area contributed by atoms with Gasteiger partial charge in [0.05, 0.1) is 6.20 Å². The van der Waals surface area contributed by atoms with Gasteiger partial charge in [0, 0.05) is 17.2 Å². The van der Waals surface area contributed by atoms with Gasteiger partial charge in [0.2, 0.25) is 0 Å². The van der Waals surface area contributed by atoms with Gasteiger partial charge >= 0.3 is 0 Å². The van der Waals surface area contributed by atoms with Crippen molar-refractivity contribution in [3.63, 3.8) is 0 Å². The standard InChI is InChI=1S/C12H11BrN2O/c13-10-5-12(8-15-7-10)16-11-3-1-2-9(4-11)6-14/h1-5,7-8H,6,14H2. The molecule has 0 aliphatic carbocycles. The van der Waals surface area contributed by atoms with E-state index in [1.54, 1.807) is 12.4 Å². The van der Waals surface area contributed by atoms with Gasteiger partial charge in [0.25, 0.3) is 0 Å².